The molecule has 2 aromatic rings. The molecule has 2 aromatic carbocycles. The van der Waals surface area contributed by atoms with E-state index < -0.39 is 0 Å². The number of aryl methyl sites for hydroxylation is 3. The third-order valence-electron chi connectivity index (χ3n) is 3.68. The number of benzene rings is 2. The quantitative estimate of drug-likeness (QED) is 0.827. The van der Waals surface area contributed by atoms with E-state index in [1.165, 1.54) is 17.3 Å². The number of carbonyl (C=O) groups is 1. The molecule has 23 heavy (non-hydrogen) atoms. The lowest BCUT2D eigenvalue weighted by atomic mass is 10.1. The average molecular weight is 322 g/mol. The molecule has 0 bridgehead atoms. The van der Waals surface area contributed by atoms with Crippen LogP contribution < -0.4 is 5.32 Å². The molecule has 116 valence electrons. The van der Waals surface area contributed by atoms with E-state index >= 15 is 0 Å². The van der Waals surface area contributed by atoms with Crippen molar-refractivity contribution < 1.29 is 4.79 Å². The molecule has 0 atom stereocenters. The molecule has 0 unspecified atom stereocenters. The molecule has 1 aliphatic rings. The normalized spacial score (nSPS) is 17.8. The predicted octanol–water partition coefficient (Wildman–Crippen LogP) is 4.50. The molecule has 1 amide bonds. The van der Waals surface area contributed by atoms with Crippen LogP contribution in [-0.4, -0.2) is 11.1 Å². The zero-order chi connectivity index (χ0) is 16.4. The zero-order valence-electron chi connectivity index (χ0n) is 13.4. The Bertz CT molecular complexity index is 800. The summed E-state index contributed by atoms with van der Waals surface area (Å²) >= 11 is 1.38. The minimum Gasteiger partial charge on any atom is -0.300 e. The maximum Gasteiger partial charge on any atom is 0.264 e. The van der Waals surface area contributed by atoms with Crippen LogP contribution in [0, 0.1) is 20.8 Å². The van der Waals surface area contributed by atoms with Gasteiger partial charge in [-0.05, 0) is 55.3 Å². The number of amides is 1. The number of hydrogen-bond donors (Lipinski definition) is 1. The van der Waals surface area contributed by atoms with Crippen molar-refractivity contribution in [2.24, 2.45) is 4.99 Å². The van der Waals surface area contributed by atoms with E-state index in [2.05, 4.69) is 10.3 Å². The van der Waals surface area contributed by atoms with Crippen molar-refractivity contribution in [3.63, 3.8) is 0 Å². The highest BCUT2D eigenvalue weighted by molar-refractivity contribution is 8.18. The molecule has 0 saturated carbocycles. The van der Waals surface area contributed by atoms with Gasteiger partial charge < -0.3 is 5.32 Å². The van der Waals surface area contributed by atoms with E-state index in [1.54, 1.807) is 0 Å². The van der Waals surface area contributed by atoms with E-state index in [0.29, 0.717) is 10.1 Å². The van der Waals surface area contributed by atoms with Gasteiger partial charge >= 0.3 is 0 Å². The largest absolute Gasteiger partial charge is 0.300 e. The number of rotatable bonds is 2. The molecule has 0 spiro atoms. The topological polar surface area (TPSA) is 41.5 Å². The van der Waals surface area contributed by atoms with E-state index in [4.69, 9.17) is 0 Å². The van der Waals surface area contributed by atoms with Crippen LogP contribution in [-0.2, 0) is 4.79 Å². The van der Waals surface area contributed by atoms with E-state index in [9.17, 15) is 4.79 Å². The van der Waals surface area contributed by atoms with E-state index in [1.807, 2.05) is 69.3 Å². The van der Waals surface area contributed by atoms with Crippen LogP contribution in [0.2, 0.25) is 0 Å². The lowest BCUT2D eigenvalue weighted by Crippen LogP contribution is -2.19. The summed E-state index contributed by atoms with van der Waals surface area (Å²) in [4.78, 5) is 17.4. The van der Waals surface area contributed by atoms with Gasteiger partial charge in [-0.1, -0.05) is 48.0 Å². The summed E-state index contributed by atoms with van der Waals surface area (Å²) in [7, 11) is 0. The van der Waals surface area contributed by atoms with Crippen LogP contribution in [0.1, 0.15) is 22.3 Å². The smallest absolute Gasteiger partial charge is 0.264 e. The maximum atomic E-state index is 12.1. The van der Waals surface area contributed by atoms with Gasteiger partial charge in [0.15, 0.2) is 5.17 Å². The van der Waals surface area contributed by atoms with Crippen LogP contribution in [0.25, 0.3) is 6.08 Å². The SMILES string of the molecule is Cc1ccc(/C=C2\SC(=Nc3c(C)cccc3C)NC2=O)cc1. The van der Waals surface area contributed by atoms with Crippen molar-refractivity contribution in [1.82, 2.24) is 5.32 Å². The zero-order valence-corrected chi connectivity index (χ0v) is 14.2. The molecule has 3 rings (SSSR count). The van der Waals surface area contributed by atoms with Crippen molar-refractivity contribution in [3.8, 4) is 0 Å². The lowest BCUT2D eigenvalue weighted by Gasteiger charge is -2.04. The van der Waals surface area contributed by atoms with Crippen LogP contribution in [0.15, 0.2) is 52.4 Å². The molecule has 1 fully saturated rings. The fraction of sp³-hybridized carbons (Fsp3) is 0.158. The first-order valence-corrected chi connectivity index (χ1v) is 8.27. The predicted molar refractivity (Wildman–Crippen MR) is 97.9 cm³/mol. The van der Waals surface area contributed by atoms with Gasteiger partial charge in [0, 0.05) is 0 Å². The Morgan fingerprint density at radius 2 is 1.65 bits per heavy atom. The Kier molecular flexibility index (Phi) is 4.35. The minimum absolute atomic E-state index is 0.0967. The van der Waals surface area contributed by atoms with Gasteiger partial charge in [-0.2, -0.15) is 0 Å². The Balaban J connectivity index is 1.88. The van der Waals surface area contributed by atoms with Gasteiger partial charge in [-0.3, -0.25) is 4.79 Å². The summed E-state index contributed by atoms with van der Waals surface area (Å²) in [6.45, 7) is 6.09. The molecule has 3 nitrogen and oxygen atoms in total. The van der Waals surface area contributed by atoms with Gasteiger partial charge in [0.05, 0.1) is 10.6 Å². The highest BCUT2D eigenvalue weighted by Gasteiger charge is 2.24. The Morgan fingerprint density at radius 3 is 2.30 bits per heavy atom. The number of amidine groups is 1. The average Bonchev–Trinajstić information content (AvgIpc) is 2.85. The van der Waals surface area contributed by atoms with E-state index in [0.717, 1.165) is 22.4 Å². The fourth-order valence-electron chi connectivity index (χ4n) is 2.38. The molecule has 1 aliphatic heterocycles. The number of hydrogen-bond acceptors (Lipinski definition) is 3. The summed E-state index contributed by atoms with van der Waals surface area (Å²) in [6, 6.07) is 14.2. The second-order valence-corrected chi connectivity index (χ2v) is 6.66. The number of nitrogens with zero attached hydrogens (tertiary/aromatic N) is 1. The second-order valence-electron chi connectivity index (χ2n) is 5.63. The Morgan fingerprint density at radius 1 is 1.00 bits per heavy atom. The summed E-state index contributed by atoms with van der Waals surface area (Å²) in [6.07, 6.45) is 1.90. The molecular weight excluding hydrogens is 304 g/mol. The van der Waals surface area contributed by atoms with Gasteiger partial charge in [0.25, 0.3) is 5.91 Å². The van der Waals surface area contributed by atoms with Gasteiger partial charge in [-0.25, -0.2) is 4.99 Å². The van der Waals surface area contributed by atoms with Crippen molar-refractivity contribution in [1.29, 1.82) is 0 Å². The van der Waals surface area contributed by atoms with Crippen molar-refractivity contribution in [2.45, 2.75) is 20.8 Å². The first-order chi connectivity index (χ1) is 11.0. The van der Waals surface area contributed by atoms with Crippen LogP contribution >= 0.6 is 11.8 Å². The standard InChI is InChI=1S/C19H18N2OS/c1-12-7-9-15(10-8-12)11-16-18(22)21-19(23-16)20-17-13(2)5-4-6-14(17)3/h4-11H,1-3H3,(H,20,21,22)/b16-11-. The molecule has 1 heterocycles. The molecular formula is C19H18N2OS. The number of carbonyl (C=O) groups excluding carboxylic acids is 1. The summed E-state index contributed by atoms with van der Waals surface area (Å²) in [5.41, 5.74) is 5.34. The van der Waals surface area contributed by atoms with Gasteiger partial charge in [0.1, 0.15) is 0 Å². The molecule has 0 aromatic heterocycles. The molecule has 4 heteroatoms. The number of aliphatic imine (C=N–C) groups is 1. The maximum absolute atomic E-state index is 12.1. The van der Waals surface area contributed by atoms with Crippen molar-refractivity contribution in [2.75, 3.05) is 0 Å². The molecule has 0 aliphatic carbocycles. The third-order valence-corrected chi connectivity index (χ3v) is 4.59. The molecule has 1 saturated heterocycles. The first-order valence-electron chi connectivity index (χ1n) is 7.45. The highest BCUT2D eigenvalue weighted by atomic mass is 32.2. The highest BCUT2D eigenvalue weighted by Crippen LogP contribution is 2.30. The van der Waals surface area contributed by atoms with Crippen molar-refractivity contribution in [3.05, 3.63) is 69.6 Å². The number of nitrogens with one attached hydrogen (secondary N) is 1. The van der Waals surface area contributed by atoms with Gasteiger partial charge in [0.2, 0.25) is 0 Å². The lowest BCUT2D eigenvalue weighted by molar-refractivity contribution is -0.115. The summed E-state index contributed by atoms with van der Waals surface area (Å²) in [5, 5.41) is 3.47. The first kappa shape index (κ1) is 15.6. The summed E-state index contributed by atoms with van der Waals surface area (Å²) < 4.78 is 0. The Labute approximate surface area is 140 Å². The van der Waals surface area contributed by atoms with Crippen LogP contribution in [0.5, 0.6) is 0 Å². The second kappa shape index (κ2) is 6.42. The van der Waals surface area contributed by atoms with Crippen LogP contribution in [0.4, 0.5) is 5.69 Å². The van der Waals surface area contributed by atoms with Gasteiger partial charge in [-0.15, -0.1) is 0 Å². The molecule has 0 radical (unpaired) electrons. The van der Waals surface area contributed by atoms with E-state index in [-0.39, 0.29) is 5.91 Å². The number of para-hydroxylation sites is 1. The molecule has 1 N–H and O–H groups in total. The van der Waals surface area contributed by atoms with Crippen LogP contribution in [0.3, 0.4) is 0 Å². The summed E-state index contributed by atoms with van der Waals surface area (Å²) in [5.74, 6) is -0.0967. The van der Waals surface area contributed by atoms with Crippen molar-refractivity contribution >= 4 is 34.6 Å². The fourth-order valence-corrected chi connectivity index (χ4v) is 3.21. The monoisotopic (exact) mass is 322 g/mol. The number of thioether (sulfide) groups is 1. The Hall–Kier alpha value is -2.33. The minimum atomic E-state index is -0.0967. The third kappa shape index (κ3) is 3.54.